The molecular formula is C27H37N3O4S. The molecule has 1 N–H and O–H groups in total. The third kappa shape index (κ3) is 7.31. The monoisotopic (exact) mass is 499 g/mol. The number of nitrogens with one attached hydrogen (secondary N) is 1. The van der Waals surface area contributed by atoms with Crippen LogP contribution in [0.5, 0.6) is 0 Å². The van der Waals surface area contributed by atoms with Crippen molar-refractivity contribution in [1.82, 2.24) is 10.2 Å². The fourth-order valence-electron chi connectivity index (χ4n) is 4.64. The molecule has 2 aromatic carbocycles. The van der Waals surface area contributed by atoms with E-state index in [1.165, 1.54) is 4.90 Å². The fourth-order valence-corrected chi connectivity index (χ4v) is 5.55. The van der Waals surface area contributed by atoms with E-state index < -0.39 is 22.0 Å². The lowest BCUT2D eigenvalue weighted by Gasteiger charge is -2.32. The Bertz CT molecular complexity index is 1130. The van der Waals surface area contributed by atoms with Gasteiger partial charge < -0.3 is 10.2 Å². The van der Waals surface area contributed by atoms with E-state index in [0.29, 0.717) is 18.7 Å². The summed E-state index contributed by atoms with van der Waals surface area (Å²) in [4.78, 5) is 28.2. The summed E-state index contributed by atoms with van der Waals surface area (Å²) in [5, 5.41) is 3.08. The van der Waals surface area contributed by atoms with Crippen molar-refractivity contribution in [2.24, 2.45) is 0 Å². The Balaban J connectivity index is 1.84. The number of amides is 2. The quantitative estimate of drug-likeness (QED) is 0.541. The van der Waals surface area contributed by atoms with E-state index in [9.17, 15) is 18.0 Å². The average Bonchev–Trinajstić information content (AvgIpc) is 3.31. The predicted octanol–water partition coefficient (Wildman–Crippen LogP) is 3.59. The van der Waals surface area contributed by atoms with E-state index >= 15 is 0 Å². The molecule has 0 radical (unpaired) electrons. The molecule has 190 valence electrons. The highest BCUT2D eigenvalue weighted by Crippen LogP contribution is 2.24. The Kier molecular flexibility index (Phi) is 8.94. The molecule has 0 bridgehead atoms. The molecule has 8 heteroatoms. The fraction of sp³-hybridized carbons (Fsp3) is 0.481. The lowest BCUT2D eigenvalue weighted by Crippen LogP contribution is -2.53. The van der Waals surface area contributed by atoms with E-state index in [-0.39, 0.29) is 18.5 Å². The summed E-state index contributed by atoms with van der Waals surface area (Å²) in [7, 11) is -3.73. The highest BCUT2D eigenvalue weighted by atomic mass is 32.2. The van der Waals surface area contributed by atoms with Gasteiger partial charge in [-0.2, -0.15) is 0 Å². The van der Waals surface area contributed by atoms with Gasteiger partial charge in [0, 0.05) is 12.6 Å². The molecule has 2 aromatic rings. The summed E-state index contributed by atoms with van der Waals surface area (Å²) in [6, 6.07) is 14.6. The molecule has 1 aliphatic carbocycles. The second-order valence-electron chi connectivity index (χ2n) is 9.55. The van der Waals surface area contributed by atoms with Gasteiger partial charge in [0.1, 0.15) is 12.6 Å². The molecular weight excluding hydrogens is 462 g/mol. The van der Waals surface area contributed by atoms with Gasteiger partial charge in [0.25, 0.3) is 0 Å². The highest BCUT2D eigenvalue weighted by molar-refractivity contribution is 7.92. The minimum Gasteiger partial charge on any atom is -0.352 e. The van der Waals surface area contributed by atoms with Crippen molar-refractivity contribution in [3.63, 3.8) is 0 Å². The molecule has 1 atom stereocenters. The van der Waals surface area contributed by atoms with E-state index in [2.05, 4.69) is 5.32 Å². The van der Waals surface area contributed by atoms with Gasteiger partial charge in [-0.25, -0.2) is 8.42 Å². The molecule has 1 fully saturated rings. The van der Waals surface area contributed by atoms with Crippen LogP contribution in [0.15, 0.2) is 48.5 Å². The first-order valence-corrected chi connectivity index (χ1v) is 14.1. The van der Waals surface area contributed by atoms with Crippen LogP contribution in [0, 0.1) is 13.8 Å². The number of carbonyl (C=O) groups excluding carboxylic acids is 2. The maximum Gasteiger partial charge on any atom is 0.244 e. The van der Waals surface area contributed by atoms with E-state index in [1.807, 2.05) is 56.3 Å². The van der Waals surface area contributed by atoms with Crippen LogP contribution >= 0.6 is 0 Å². The summed E-state index contributed by atoms with van der Waals surface area (Å²) in [6.45, 7) is 5.43. The van der Waals surface area contributed by atoms with Gasteiger partial charge in [0.05, 0.1) is 11.9 Å². The molecule has 2 amide bonds. The minimum atomic E-state index is -3.73. The number of sulfonamides is 1. The first-order chi connectivity index (χ1) is 16.6. The standard InChI is InChI=1S/C27H37N3O4S/c1-20-14-15-25(21(2)18-20)30(35(4,33)34)19-26(31)29(17-16-23-10-6-5-7-11-23)22(3)27(32)28-24-12-8-9-13-24/h5-7,10-11,14-15,18,22,24H,8-9,12-13,16-17,19H2,1-4H3,(H,28,32)/t22-/m0/s1. The zero-order chi connectivity index (χ0) is 25.6. The zero-order valence-corrected chi connectivity index (χ0v) is 22.0. The van der Waals surface area contributed by atoms with Gasteiger partial charge in [-0.3, -0.25) is 13.9 Å². The summed E-state index contributed by atoms with van der Waals surface area (Å²) in [5.41, 5.74) is 3.29. The van der Waals surface area contributed by atoms with E-state index in [1.54, 1.807) is 13.0 Å². The van der Waals surface area contributed by atoms with Crippen LogP contribution in [0.1, 0.15) is 49.3 Å². The molecule has 7 nitrogen and oxygen atoms in total. The van der Waals surface area contributed by atoms with Crippen molar-refractivity contribution in [3.8, 4) is 0 Å². The molecule has 0 heterocycles. The minimum absolute atomic E-state index is 0.138. The molecule has 3 rings (SSSR count). The molecule has 0 aliphatic heterocycles. The van der Waals surface area contributed by atoms with Crippen molar-refractivity contribution in [2.75, 3.05) is 23.7 Å². The molecule has 1 saturated carbocycles. The van der Waals surface area contributed by atoms with Gasteiger partial charge in [0.2, 0.25) is 21.8 Å². The van der Waals surface area contributed by atoms with Crippen LogP contribution in [0.25, 0.3) is 0 Å². The smallest absolute Gasteiger partial charge is 0.244 e. The van der Waals surface area contributed by atoms with Crippen LogP contribution in [-0.4, -0.2) is 56.6 Å². The molecule has 0 unspecified atom stereocenters. The number of benzene rings is 2. The van der Waals surface area contributed by atoms with Crippen molar-refractivity contribution in [3.05, 3.63) is 65.2 Å². The highest BCUT2D eigenvalue weighted by Gasteiger charge is 2.31. The maximum atomic E-state index is 13.6. The first kappa shape index (κ1) is 26.7. The number of nitrogens with zero attached hydrogens (tertiary/aromatic N) is 2. The third-order valence-corrected chi connectivity index (χ3v) is 7.78. The van der Waals surface area contributed by atoms with Crippen molar-refractivity contribution in [1.29, 1.82) is 0 Å². The number of hydrogen-bond donors (Lipinski definition) is 1. The third-order valence-electron chi connectivity index (χ3n) is 6.65. The van der Waals surface area contributed by atoms with Crippen LogP contribution in [0.3, 0.4) is 0 Å². The van der Waals surface area contributed by atoms with Crippen molar-refractivity contribution >= 4 is 27.5 Å². The first-order valence-electron chi connectivity index (χ1n) is 12.2. The number of aryl methyl sites for hydroxylation is 2. The summed E-state index contributed by atoms with van der Waals surface area (Å²) < 4.78 is 26.6. The van der Waals surface area contributed by atoms with Crippen LogP contribution < -0.4 is 9.62 Å². The van der Waals surface area contributed by atoms with E-state index in [0.717, 1.165) is 52.9 Å². The Morgan fingerprint density at radius 1 is 1.06 bits per heavy atom. The number of anilines is 1. The summed E-state index contributed by atoms with van der Waals surface area (Å²) in [6.07, 6.45) is 5.75. The van der Waals surface area contributed by atoms with Gasteiger partial charge in [-0.1, -0.05) is 60.9 Å². The number of rotatable bonds is 10. The Labute approximate surface area is 209 Å². The molecule has 35 heavy (non-hydrogen) atoms. The molecule has 0 saturated heterocycles. The van der Waals surface area contributed by atoms with Gasteiger partial charge in [0.15, 0.2) is 0 Å². The topological polar surface area (TPSA) is 86.8 Å². The second kappa shape index (κ2) is 11.7. The van der Waals surface area contributed by atoms with E-state index in [4.69, 9.17) is 0 Å². The maximum absolute atomic E-state index is 13.6. The largest absolute Gasteiger partial charge is 0.352 e. The van der Waals surface area contributed by atoms with Crippen LogP contribution in [-0.2, 0) is 26.0 Å². The van der Waals surface area contributed by atoms with Crippen molar-refractivity contribution < 1.29 is 18.0 Å². The lowest BCUT2D eigenvalue weighted by atomic mass is 10.1. The normalized spacial score (nSPS) is 15.0. The van der Waals surface area contributed by atoms with Crippen LogP contribution in [0.4, 0.5) is 5.69 Å². The van der Waals surface area contributed by atoms with Gasteiger partial charge >= 0.3 is 0 Å². The Morgan fingerprint density at radius 3 is 2.31 bits per heavy atom. The van der Waals surface area contributed by atoms with Crippen LogP contribution in [0.2, 0.25) is 0 Å². The predicted molar refractivity (Wildman–Crippen MR) is 140 cm³/mol. The lowest BCUT2D eigenvalue weighted by molar-refractivity contribution is -0.139. The SMILES string of the molecule is Cc1ccc(N(CC(=O)N(CCc2ccccc2)[C@@H](C)C(=O)NC2CCCC2)S(C)(=O)=O)c(C)c1. The number of hydrogen-bond acceptors (Lipinski definition) is 4. The zero-order valence-electron chi connectivity index (χ0n) is 21.2. The Hall–Kier alpha value is -2.87. The summed E-state index contributed by atoms with van der Waals surface area (Å²) in [5.74, 6) is -0.601. The van der Waals surface area contributed by atoms with Gasteiger partial charge in [-0.15, -0.1) is 0 Å². The summed E-state index contributed by atoms with van der Waals surface area (Å²) >= 11 is 0. The number of carbonyl (C=O) groups is 2. The van der Waals surface area contributed by atoms with Gasteiger partial charge in [-0.05, 0) is 57.2 Å². The average molecular weight is 500 g/mol. The Morgan fingerprint density at radius 2 is 1.71 bits per heavy atom. The van der Waals surface area contributed by atoms with Crippen molar-refractivity contribution in [2.45, 2.75) is 65.0 Å². The molecule has 0 aromatic heterocycles. The molecule has 1 aliphatic rings. The molecule has 0 spiro atoms. The second-order valence-corrected chi connectivity index (χ2v) is 11.5.